The molecule has 3 aromatic carbocycles. The number of pyridine rings is 2. The van der Waals surface area contributed by atoms with Crippen LogP contribution in [0.25, 0.3) is 72.8 Å². The predicted octanol–water partition coefficient (Wildman–Crippen LogP) is 7.51. The second kappa shape index (κ2) is 8.96. The Balaban J connectivity index is 1.43. The maximum absolute atomic E-state index is 6.44. The van der Waals surface area contributed by atoms with Crippen LogP contribution in [0.15, 0.2) is 126 Å². The third-order valence-corrected chi connectivity index (χ3v) is 7.07. The van der Waals surface area contributed by atoms with Gasteiger partial charge in [0.2, 0.25) is 5.89 Å². The van der Waals surface area contributed by atoms with E-state index in [4.69, 9.17) is 19.4 Å². The van der Waals surface area contributed by atoms with Gasteiger partial charge in [-0.15, -0.1) is 0 Å². The first-order chi connectivity index (χ1) is 19.8. The summed E-state index contributed by atoms with van der Waals surface area (Å²) < 4.78 is 8.61. The summed E-state index contributed by atoms with van der Waals surface area (Å²) in [5.41, 5.74) is 7.15. The molecule has 7 heteroatoms. The van der Waals surface area contributed by atoms with Crippen molar-refractivity contribution in [3.8, 4) is 39.9 Å². The molecule has 8 rings (SSSR count). The van der Waals surface area contributed by atoms with Gasteiger partial charge in [0.1, 0.15) is 11.3 Å². The summed E-state index contributed by atoms with van der Waals surface area (Å²) in [5.74, 6) is 1.97. The number of aromatic nitrogens is 6. The molecule has 0 amide bonds. The molecule has 0 N–H and O–H groups in total. The average molecular weight is 517 g/mol. The molecule has 0 saturated heterocycles. The third-order valence-electron chi connectivity index (χ3n) is 7.07. The number of hydrogen-bond acceptors (Lipinski definition) is 6. The number of rotatable bonds is 4. The van der Waals surface area contributed by atoms with Crippen molar-refractivity contribution in [2.24, 2.45) is 0 Å². The average Bonchev–Trinajstić information content (AvgIpc) is 3.62. The maximum atomic E-state index is 6.44. The summed E-state index contributed by atoms with van der Waals surface area (Å²) in [6, 6.07) is 32.2. The molecule has 0 aliphatic heterocycles. The first kappa shape index (κ1) is 22.3. The molecule has 0 unspecified atom stereocenters. The highest BCUT2D eigenvalue weighted by atomic mass is 16.3. The van der Waals surface area contributed by atoms with Gasteiger partial charge in [0, 0.05) is 52.9 Å². The Hall–Kier alpha value is -5.69. The highest BCUT2D eigenvalue weighted by molar-refractivity contribution is 6.19. The molecule has 0 fully saturated rings. The Morgan fingerprint density at radius 1 is 0.575 bits per heavy atom. The van der Waals surface area contributed by atoms with Crippen LogP contribution in [0.4, 0.5) is 0 Å². The summed E-state index contributed by atoms with van der Waals surface area (Å²) in [5, 5.41) is 2.06. The molecule has 5 heterocycles. The highest BCUT2D eigenvalue weighted by Crippen LogP contribution is 2.38. The number of hydrogen-bond donors (Lipinski definition) is 0. The molecule has 40 heavy (non-hydrogen) atoms. The quantitative estimate of drug-likeness (QED) is 0.241. The van der Waals surface area contributed by atoms with Crippen LogP contribution < -0.4 is 0 Å². The monoisotopic (exact) mass is 516 g/mol. The molecular formula is C33H20N6O. The Kier molecular flexibility index (Phi) is 4.99. The van der Waals surface area contributed by atoms with Gasteiger partial charge in [-0.3, -0.25) is 14.5 Å². The maximum Gasteiger partial charge on any atom is 0.227 e. The van der Waals surface area contributed by atoms with Gasteiger partial charge in [-0.25, -0.2) is 15.0 Å². The number of oxazole rings is 1. The Bertz CT molecular complexity index is 2090. The van der Waals surface area contributed by atoms with Crippen molar-refractivity contribution < 1.29 is 4.42 Å². The molecule has 5 aromatic heterocycles. The van der Waals surface area contributed by atoms with E-state index in [2.05, 4.69) is 32.7 Å². The van der Waals surface area contributed by atoms with Crippen LogP contribution >= 0.6 is 0 Å². The van der Waals surface area contributed by atoms with Crippen LogP contribution in [0.1, 0.15) is 0 Å². The van der Waals surface area contributed by atoms with Gasteiger partial charge in [-0.05, 0) is 54.6 Å². The first-order valence-corrected chi connectivity index (χ1v) is 12.9. The fourth-order valence-corrected chi connectivity index (χ4v) is 5.24. The minimum atomic E-state index is 0.599. The van der Waals surface area contributed by atoms with E-state index < -0.39 is 0 Å². The predicted molar refractivity (Wildman–Crippen MR) is 156 cm³/mol. The zero-order valence-corrected chi connectivity index (χ0v) is 21.1. The number of benzene rings is 3. The fraction of sp³-hybridized carbons (Fsp3) is 0. The Morgan fingerprint density at radius 2 is 1.30 bits per heavy atom. The number of para-hydroxylation sites is 1. The smallest absolute Gasteiger partial charge is 0.227 e. The Morgan fingerprint density at radius 3 is 2.10 bits per heavy atom. The number of nitrogens with zero attached hydrogens (tertiary/aromatic N) is 6. The van der Waals surface area contributed by atoms with E-state index in [1.165, 1.54) is 0 Å². The number of fused-ring (bicyclic) bond motifs is 5. The highest BCUT2D eigenvalue weighted by Gasteiger charge is 2.20. The summed E-state index contributed by atoms with van der Waals surface area (Å²) in [7, 11) is 0. The van der Waals surface area contributed by atoms with Crippen LogP contribution in [0, 0.1) is 0 Å². The topological polar surface area (TPSA) is 82.5 Å². The molecular weight excluding hydrogens is 496 g/mol. The molecule has 188 valence electrons. The Labute approximate surface area is 228 Å². The summed E-state index contributed by atoms with van der Waals surface area (Å²) in [6.45, 7) is 0. The minimum Gasteiger partial charge on any atom is -0.435 e. The summed E-state index contributed by atoms with van der Waals surface area (Å²) >= 11 is 0. The van der Waals surface area contributed by atoms with E-state index >= 15 is 0 Å². The molecule has 0 bridgehead atoms. The van der Waals surface area contributed by atoms with Crippen LogP contribution in [0.2, 0.25) is 0 Å². The lowest BCUT2D eigenvalue weighted by Gasteiger charge is -2.11. The van der Waals surface area contributed by atoms with Crippen LogP contribution in [0.5, 0.6) is 0 Å². The lowest BCUT2D eigenvalue weighted by molar-refractivity contribution is 0.623. The molecule has 8 aromatic rings. The van der Waals surface area contributed by atoms with Crippen molar-refractivity contribution in [1.82, 2.24) is 29.5 Å². The van der Waals surface area contributed by atoms with Crippen LogP contribution in [-0.4, -0.2) is 29.5 Å². The van der Waals surface area contributed by atoms with E-state index in [1.54, 1.807) is 24.8 Å². The van der Waals surface area contributed by atoms with Crippen LogP contribution in [-0.2, 0) is 0 Å². The molecule has 0 radical (unpaired) electrons. The second-order valence-corrected chi connectivity index (χ2v) is 9.45. The van der Waals surface area contributed by atoms with Crippen molar-refractivity contribution in [2.75, 3.05) is 0 Å². The van der Waals surface area contributed by atoms with E-state index in [0.717, 1.165) is 61.1 Å². The SMILES string of the molecule is c1ccc(-c2nc3ccc4c(c5ccccc5n4-c4cc(-c5ccncc5)nc(-c5ccncc5)n4)c3o2)cc1. The van der Waals surface area contributed by atoms with Crippen molar-refractivity contribution in [3.05, 3.63) is 122 Å². The molecule has 0 aliphatic rings. The zero-order chi connectivity index (χ0) is 26.5. The molecule has 0 atom stereocenters. The lowest BCUT2D eigenvalue weighted by Crippen LogP contribution is -2.02. The van der Waals surface area contributed by atoms with Crippen molar-refractivity contribution in [2.45, 2.75) is 0 Å². The standard InChI is InChI=1S/C33H20N6O/c1-2-6-23(7-3-1)33-37-25-10-11-28-30(31(25)40-33)24-8-4-5-9-27(24)39(28)29-20-26(21-12-16-34-17-13-21)36-32(38-29)22-14-18-35-19-15-22/h1-20H. The lowest BCUT2D eigenvalue weighted by atomic mass is 10.1. The van der Waals surface area contributed by atoms with E-state index in [-0.39, 0.29) is 0 Å². The minimum absolute atomic E-state index is 0.599. The third kappa shape index (κ3) is 3.56. The zero-order valence-electron chi connectivity index (χ0n) is 21.1. The molecule has 0 aliphatic carbocycles. The van der Waals surface area contributed by atoms with Gasteiger partial charge in [-0.1, -0.05) is 36.4 Å². The van der Waals surface area contributed by atoms with Crippen LogP contribution in [0.3, 0.4) is 0 Å². The van der Waals surface area contributed by atoms with Crippen molar-refractivity contribution in [3.63, 3.8) is 0 Å². The van der Waals surface area contributed by atoms with Gasteiger partial charge >= 0.3 is 0 Å². The van der Waals surface area contributed by atoms with E-state index in [9.17, 15) is 0 Å². The van der Waals surface area contributed by atoms with Crippen molar-refractivity contribution in [1.29, 1.82) is 0 Å². The molecule has 0 spiro atoms. The summed E-state index contributed by atoms with van der Waals surface area (Å²) in [4.78, 5) is 23.2. The van der Waals surface area contributed by atoms with Gasteiger partial charge < -0.3 is 4.42 Å². The van der Waals surface area contributed by atoms with Gasteiger partial charge in [0.05, 0.1) is 22.1 Å². The largest absolute Gasteiger partial charge is 0.435 e. The van der Waals surface area contributed by atoms with Crippen molar-refractivity contribution >= 4 is 32.9 Å². The fourth-order valence-electron chi connectivity index (χ4n) is 5.24. The molecule has 0 saturated carbocycles. The summed E-state index contributed by atoms with van der Waals surface area (Å²) in [6.07, 6.45) is 7.05. The van der Waals surface area contributed by atoms with Gasteiger partial charge in [-0.2, -0.15) is 0 Å². The molecule has 7 nitrogen and oxygen atoms in total. The second-order valence-electron chi connectivity index (χ2n) is 9.45. The van der Waals surface area contributed by atoms with E-state index in [0.29, 0.717) is 11.7 Å². The van der Waals surface area contributed by atoms with E-state index in [1.807, 2.05) is 78.9 Å². The normalized spacial score (nSPS) is 11.5. The van der Waals surface area contributed by atoms with Gasteiger partial charge in [0.15, 0.2) is 11.4 Å². The van der Waals surface area contributed by atoms with Gasteiger partial charge in [0.25, 0.3) is 0 Å². The first-order valence-electron chi connectivity index (χ1n) is 12.9.